The Morgan fingerprint density at radius 2 is 1.62 bits per heavy atom. The van der Waals surface area contributed by atoms with E-state index in [1.165, 1.54) is 12.5 Å². The Morgan fingerprint density at radius 1 is 1.03 bits per heavy atom. The number of aromatic amines is 1. The third-order valence-electron chi connectivity index (χ3n) is 4.78. The van der Waals surface area contributed by atoms with E-state index in [1.54, 1.807) is 13.8 Å². The number of amides is 4. The minimum atomic E-state index is -1.55. The highest BCUT2D eigenvalue weighted by Gasteiger charge is 2.30. The number of aliphatic hydroxyl groups is 1. The van der Waals surface area contributed by atoms with E-state index in [-0.39, 0.29) is 31.6 Å². The third kappa shape index (κ3) is 9.95. The Labute approximate surface area is 196 Å². The monoisotopic (exact) mass is 483 g/mol. The first-order valence-corrected chi connectivity index (χ1v) is 10.7. The molecule has 0 saturated carbocycles. The molecule has 190 valence electrons. The van der Waals surface area contributed by atoms with E-state index < -0.39 is 60.4 Å². The van der Waals surface area contributed by atoms with Crippen molar-refractivity contribution in [1.29, 1.82) is 0 Å². The zero-order valence-corrected chi connectivity index (χ0v) is 19.1. The van der Waals surface area contributed by atoms with E-state index in [2.05, 4.69) is 25.9 Å². The number of aliphatic carboxylic acids is 1. The number of carboxylic acids is 1. The van der Waals surface area contributed by atoms with Crippen LogP contribution >= 0.6 is 0 Å². The highest BCUT2D eigenvalue weighted by atomic mass is 16.4. The minimum Gasteiger partial charge on any atom is -0.480 e. The first kappa shape index (κ1) is 28.5. The van der Waals surface area contributed by atoms with Crippen molar-refractivity contribution in [2.24, 2.45) is 17.4 Å². The number of primary amides is 1. The fourth-order valence-corrected chi connectivity index (χ4v) is 2.99. The topological polar surface area (TPSA) is 243 Å². The van der Waals surface area contributed by atoms with Gasteiger partial charge in [0.05, 0.1) is 19.0 Å². The molecular formula is C20H33N7O7. The molecule has 1 aromatic heterocycles. The number of hydrogen-bond acceptors (Lipinski definition) is 8. The number of nitrogens with zero attached hydrogens (tertiary/aromatic N) is 1. The van der Waals surface area contributed by atoms with Crippen molar-refractivity contribution in [3.05, 3.63) is 18.2 Å². The number of carbonyl (C=O) groups is 5. The third-order valence-corrected chi connectivity index (χ3v) is 4.78. The first-order valence-electron chi connectivity index (χ1n) is 10.7. The van der Waals surface area contributed by atoms with Crippen LogP contribution in [0.4, 0.5) is 0 Å². The Kier molecular flexibility index (Phi) is 11.7. The Hall–Kier alpha value is -3.52. The maximum absolute atomic E-state index is 12.9. The van der Waals surface area contributed by atoms with Crippen LogP contribution in [0.5, 0.6) is 0 Å². The van der Waals surface area contributed by atoms with Crippen molar-refractivity contribution >= 4 is 29.6 Å². The quantitative estimate of drug-likeness (QED) is 0.127. The zero-order chi connectivity index (χ0) is 25.8. The number of nitrogens with two attached hydrogens (primary N) is 2. The molecule has 0 saturated heterocycles. The number of aromatic nitrogens is 2. The van der Waals surface area contributed by atoms with Crippen LogP contribution in [0.3, 0.4) is 0 Å². The molecule has 1 rings (SSSR count). The van der Waals surface area contributed by atoms with Gasteiger partial charge in [0.2, 0.25) is 23.6 Å². The molecule has 0 radical (unpaired) electrons. The second kappa shape index (κ2) is 13.9. The zero-order valence-electron chi connectivity index (χ0n) is 19.1. The van der Waals surface area contributed by atoms with E-state index in [9.17, 15) is 24.0 Å². The summed E-state index contributed by atoms with van der Waals surface area (Å²) in [5, 5.41) is 25.3. The molecule has 10 N–H and O–H groups in total. The predicted octanol–water partition coefficient (Wildman–Crippen LogP) is -2.88. The standard InChI is InChI=1S/C20H33N7O7/c1-10(2)5-14(19(32)27-15(8-28)20(33)34)26-18(31)13(3-4-16(22)29)25-17(30)12(21)6-11-7-23-9-24-11/h7,9-10,12-15,28H,3-6,8,21H2,1-2H3,(H2,22,29)(H,23,24)(H,25,30)(H,26,31)(H,27,32)(H,33,34). The summed E-state index contributed by atoms with van der Waals surface area (Å²) >= 11 is 0. The first-order chi connectivity index (χ1) is 15.9. The van der Waals surface area contributed by atoms with Gasteiger partial charge >= 0.3 is 5.97 Å². The SMILES string of the molecule is CC(C)CC(NC(=O)C(CCC(N)=O)NC(=O)C(N)Cc1cnc[nH]1)C(=O)NC(CO)C(=O)O. The molecular weight excluding hydrogens is 450 g/mol. The summed E-state index contributed by atoms with van der Waals surface area (Å²) in [5.74, 6) is -4.48. The van der Waals surface area contributed by atoms with Crippen LogP contribution < -0.4 is 27.4 Å². The Morgan fingerprint density at radius 3 is 2.12 bits per heavy atom. The molecule has 4 atom stereocenters. The van der Waals surface area contributed by atoms with Gasteiger partial charge in [-0.1, -0.05) is 13.8 Å². The van der Waals surface area contributed by atoms with E-state index in [0.29, 0.717) is 5.69 Å². The number of carbonyl (C=O) groups excluding carboxylic acids is 4. The van der Waals surface area contributed by atoms with Crippen molar-refractivity contribution in [1.82, 2.24) is 25.9 Å². The average Bonchev–Trinajstić information content (AvgIpc) is 3.26. The van der Waals surface area contributed by atoms with Crippen LogP contribution in [-0.2, 0) is 30.4 Å². The summed E-state index contributed by atoms with van der Waals surface area (Å²) < 4.78 is 0. The van der Waals surface area contributed by atoms with Gasteiger partial charge < -0.3 is 42.6 Å². The maximum Gasteiger partial charge on any atom is 0.328 e. The lowest BCUT2D eigenvalue weighted by Crippen LogP contribution is -2.58. The van der Waals surface area contributed by atoms with Crippen LogP contribution in [0.15, 0.2) is 12.5 Å². The fourth-order valence-electron chi connectivity index (χ4n) is 2.99. The number of imidazole rings is 1. The maximum atomic E-state index is 12.9. The Balaban J connectivity index is 2.94. The molecule has 0 aliphatic carbocycles. The van der Waals surface area contributed by atoms with Gasteiger partial charge in [0.1, 0.15) is 18.1 Å². The van der Waals surface area contributed by atoms with Crippen LogP contribution in [0, 0.1) is 5.92 Å². The summed E-state index contributed by atoms with van der Waals surface area (Å²) in [5.41, 5.74) is 11.7. The lowest BCUT2D eigenvalue weighted by molar-refractivity contribution is -0.143. The molecule has 4 amide bonds. The summed E-state index contributed by atoms with van der Waals surface area (Å²) in [7, 11) is 0. The van der Waals surface area contributed by atoms with Crippen LogP contribution in [0.2, 0.25) is 0 Å². The van der Waals surface area contributed by atoms with Crippen molar-refractivity contribution in [2.45, 2.75) is 63.7 Å². The molecule has 14 nitrogen and oxygen atoms in total. The largest absolute Gasteiger partial charge is 0.480 e. The normalized spacial score (nSPS) is 14.5. The van der Waals surface area contributed by atoms with Gasteiger partial charge in [-0.15, -0.1) is 0 Å². The van der Waals surface area contributed by atoms with Gasteiger partial charge in [-0.2, -0.15) is 0 Å². The molecule has 34 heavy (non-hydrogen) atoms. The predicted molar refractivity (Wildman–Crippen MR) is 119 cm³/mol. The highest BCUT2D eigenvalue weighted by molar-refractivity contribution is 5.94. The number of aliphatic hydroxyl groups excluding tert-OH is 1. The van der Waals surface area contributed by atoms with Gasteiger partial charge in [0.15, 0.2) is 0 Å². The Bertz CT molecular complexity index is 844. The van der Waals surface area contributed by atoms with Gasteiger partial charge in [-0.25, -0.2) is 9.78 Å². The number of H-pyrrole nitrogens is 1. The minimum absolute atomic E-state index is 0.0741. The summed E-state index contributed by atoms with van der Waals surface area (Å²) in [4.78, 5) is 67.1. The van der Waals surface area contributed by atoms with Crippen molar-refractivity contribution in [3.8, 4) is 0 Å². The van der Waals surface area contributed by atoms with Crippen molar-refractivity contribution in [3.63, 3.8) is 0 Å². The summed E-state index contributed by atoms with van der Waals surface area (Å²) in [6, 6.07) is -4.97. The van der Waals surface area contributed by atoms with Crippen LogP contribution in [-0.4, -0.2) is 80.6 Å². The smallest absolute Gasteiger partial charge is 0.328 e. The van der Waals surface area contributed by atoms with Crippen LogP contribution in [0.1, 0.15) is 38.8 Å². The number of hydrogen-bond donors (Lipinski definition) is 8. The molecule has 0 aromatic carbocycles. The molecule has 0 spiro atoms. The number of nitrogens with one attached hydrogen (secondary N) is 4. The van der Waals surface area contributed by atoms with E-state index in [0.717, 1.165) is 0 Å². The van der Waals surface area contributed by atoms with Gasteiger partial charge in [-0.3, -0.25) is 19.2 Å². The van der Waals surface area contributed by atoms with Gasteiger partial charge in [0.25, 0.3) is 0 Å². The van der Waals surface area contributed by atoms with Gasteiger partial charge in [-0.05, 0) is 18.8 Å². The van der Waals surface area contributed by atoms with Gasteiger partial charge in [0, 0.05) is 24.7 Å². The lowest BCUT2D eigenvalue weighted by Gasteiger charge is -2.25. The van der Waals surface area contributed by atoms with Crippen molar-refractivity contribution < 1.29 is 34.2 Å². The second-order valence-corrected chi connectivity index (χ2v) is 8.23. The number of rotatable bonds is 15. The van der Waals surface area contributed by atoms with E-state index in [1.807, 2.05) is 0 Å². The van der Waals surface area contributed by atoms with E-state index >= 15 is 0 Å². The van der Waals surface area contributed by atoms with Crippen molar-refractivity contribution in [2.75, 3.05) is 6.61 Å². The molecule has 0 aliphatic heterocycles. The molecule has 1 aromatic rings. The molecule has 14 heteroatoms. The second-order valence-electron chi connectivity index (χ2n) is 8.23. The summed E-state index contributed by atoms with van der Waals surface area (Å²) in [6.07, 6.45) is 2.82. The molecule has 0 bridgehead atoms. The molecule has 1 heterocycles. The molecule has 0 fully saturated rings. The molecule has 4 unspecified atom stereocenters. The lowest BCUT2D eigenvalue weighted by atomic mass is 10.0. The number of carboxylic acid groups (broad SMARTS) is 1. The fraction of sp³-hybridized carbons (Fsp3) is 0.600. The van der Waals surface area contributed by atoms with Crippen LogP contribution in [0.25, 0.3) is 0 Å². The average molecular weight is 484 g/mol. The summed E-state index contributed by atoms with van der Waals surface area (Å²) in [6.45, 7) is 2.73. The van der Waals surface area contributed by atoms with E-state index in [4.69, 9.17) is 21.7 Å². The molecule has 0 aliphatic rings. The highest BCUT2D eigenvalue weighted by Crippen LogP contribution is 2.08.